The maximum absolute atomic E-state index is 6.26. The summed E-state index contributed by atoms with van der Waals surface area (Å²) in [7, 11) is 0. The molecular formula is C38H52N4. The van der Waals surface area contributed by atoms with Crippen molar-refractivity contribution in [3.8, 4) is 0 Å². The molecule has 0 radical (unpaired) electrons. The van der Waals surface area contributed by atoms with Crippen LogP contribution >= 0.6 is 0 Å². The zero-order valence-corrected chi connectivity index (χ0v) is 27.2. The fourth-order valence-corrected chi connectivity index (χ4v) is 5.88. The van der Waals surface area contributed by atoms with Gasteiger partial charge in [0.2, 0.25) is 0 Å². The molecule has 0 saturated heterocycles. The highest BCUT2D eigenvalue weighted by atomic mass is 14.6. The summed E-state index contributed by atoms with van der Waals surface area (Å²) in [6, 6.07) is 17.7. The minimum Gasteiger partial charge on any atom is -0.398 e. The number of hydrogen-bond acceptors (Lipinski definition) is 4. The molecule has 42 heavy (non-hydrogen) atoms. The molecular weight excluding hydrogens is 512 g/mol. The summed E-state index contributed by atoms with van der Waals surface area (Å²) >= 11 is 0. The van der Waals surface area contributed by atoms with Crippen molar-refractivity contribution in [1.29, 1.82) is 0 Å². The summed E-state index contributed by atoms with van der Waals surface area (Å²) in [4.78, 5) is 0. The van der Waals surface area contributed by atoms with Crippen LogP contribution in [0.4, 0.5) is 22.7 Å². The van der Waals surface area contributed by atoms with Gasteiger partial charge in [-0.1, -0.05) is 76.2 Å². The zero-order valence-electron chi connectivity index (χ0n) is 27.2. The van der Waals surface area contributed by atoms with Crippen molar-refractivity contribution in [3.05, 3.63) is 115 Å². The molecule has 0 atom stereocenters. The lowest BCUT2D eigenvalue weighted by Gasteiger charge is -2.15. The molecule has 4 nitrogen and oxygen atoms in total. The molecule has 4 heteroatoms. The fraction of sp³-hybridized carbons (Fsp3) is 0.368. The summed E-state index contributed by atoms with van der Waals surface area (Å²) in [6.07, 6.45) is 5.79. The number of nitrogens with two attached hydrogens (primary N) is 4. The van der Waals surface area contributed by atoms with Crippen LogP contribution in [0.5, 0.6) is 0 Å². The van der Waals surface area contributed by atoms with Gasteiger partial charge in [-0.2, -0.15) is 0 Å². The zero-order chi connectivity index (χ0) is 31.1. The van der Waals surface area contributed by atoms with E-state index >= 15 is 0 Å². The minimum absolute atomic E-state index is 0.897. The summed E-state index contributed by atoms with van der Waals surface area (Å²) in [6.45, 7) is 16.9. The van der Waals surface area contributed by atoms with Crippen LogP contribution in [-0.4, -0.2) is 0 Å². The maximum atomic E-state index is 6.26. The predicted molar refractivity (Wildman–Crippen MR) is 185 cm³/mol. The second kappa shape index (κ2) is 14.3. The third kappa shape index (κ3) is 7.67. The molecule has 4 aromatic rings. The van der Waals surface area contributed by atoms with Gasteiger partial charge in [-0.25, -0.2) is 0 Å². The van der Waals surface area contributed by atoms with Crippen LogP contribution in [0.1, 0.15) is 94.5 Å². The highest BCUT2D eigenvalue weighted by Gasteiger charge is 2.10. The molecule has 0 aliphatic heterocycles. The first-order chi connectivity index (χ1) is 19.9. The van der Waals surface area contributed by atoms with Crippen LogP contribution < -0.4 is 22.9 Å². The molecule has 4 rings (SSSR count). The highest BCUT2D eigenvalue weighted by Crippen LogP contribution is 2.27. The Morgan fingerprint density at radius 3 is 0.786 bits per heavy atom. The van der Waals surface area contributed by atoms with Gasteiger partial charge in [0, 0.05) is 22.7 Å². The van der Waals surface area contributed by atoms with Crippen LogP contribution in [0.2, 0.25) is 0 Å². The number of aryl methyl sites for hydroxylation is 8. The number of hydrogen-bond donors (Lipinski definition) is 4. The van der Waals surface area contributed by atoms with E-state index in [1.54, 1.807) is 0 Å². The van der Waals surface area contributed by atoms with Gasteiger partial charge in [0.25, 0.3) is 0 Å². The molecule has 224 valence electrons. The van der Waals surface area contributed by atoms with Gasteiger partial charge in [-0.3, -0.25) is 0 Å². The summed E-state index contributed by atoms with van der Waals surface area (Å²) in [5.74, 6) is 0. The first-order valence-electron chi connectivity index (χ1n) is 15.4. The van der Waals surface area contributed by atoms with Gasteiger partial charge in [-0.05, 0) is 133 Å². The van der Waals surface area contributed by atoms with Gasteiger partial charge in [0.05, 0.1) is 0 Å². The van der Waals surface area contributed by atoms with Gasteiger partial charge in [0.1, 0.15) is 0 Å². The van der Waals surface area contributed by atoms with Gasteiger partial charge >= 0.3 is 0 Å². The highest BCUT2D eigenvalue weighted by molar-refractivity contribution is 5.59. The van der Waals surface area contributed by atoms with E-state index in [0.29, 0.717) is 0 Å². The average Bonchev–Trinajstić information content (AvgIpc) is 2.96. The van der Waals surface area contributed by atoms with Gasteiger partial charge < -0.3 is 22.9 Å². The topological polar surface area (TPSA) is 104 Å². The van der Waals surface area contributed by atoms with E-state index in [-0.39, 0.29) is 0 Å². The Bertz CT molecular complexity index is 1340. The van der Waals surface area contributed by atoms with Crippen LogP contribution in [0.3, 0.4) is 0 Å². The number of benzene rings is 4. The average molecular weight is 565 g/mol. The summed E-state index contributed by atoms with van der Waals surface area (Å²) in [5, 5.41) is 0. The quantitative estimate of drug-likeness (QED) is 0.161. The molecule has 8 N–H and O–H groups in total. The van der Waals surface area contributed by atoms with Crippen molar-refractivity contribution in [2.45, 2.75) is 93.9 Å². The largest absolute Gasteiger partial charge is 0.398 e. The molecule has 0 fully saturated rings. The van der Waals surface area contributed by atoms with Crippen molar-refractivity contribution in [2.75, 3.05) is 22.9 Å². The maximum Gasteiger partial charge on any atom is 0.0379 e. The first kappa shape index (κ1) is 32.6. The van der Waals surface area contributed by atoms with Crippen molar-refractivity contribution < 1.29 is 0 Å². The van der Waals surface area contributed by atoms with Crippen molar-refractivity contribution in [2.24, 2.45) is 0 Å². The van der Waals surface area contributed by atoms with E-state index in [1.165, 1.54) is 44.5 Å². The molecule has 0 bridgehead atoms. The van der Waals surface area contributed by atoms with Gasteiger partial charge in [0.15, 0.2) is 0 Å². The van der Waals surface area contributed by atoms with Crippen molar-refractivity contribution in [1.82, 2.24) is 0 Å². The van der Waals surface area contributed by atoms with Gasteiger partial charge in [-0.15, -0.1) is 0 Å². The molecule has 0 saturated carbocycles. The fourth-order valence-electron chi connectivity index (χ4n) is 5.88. The van der Waals surface area contributed by atoms with Crippen LogP contribution in [0.15, 0.2) is 48.5 Å². The van der Waals surface area contributed by atoms with Crippen LogP contribution in [-0.2, 0) is 38.5 Å². The predicted octanol–water partition coefficient (Wildman–Crippen LogP) is 8.37. The Hall–Kier alpha value is -3.92. The Labute approximate surface area is 254 Å². The SMILES string of the molecule is CCc1cc(Cc2cc(CC)c(N)c(CC)c2)cc(CC)c1N.Cc1cc(Cc2cc(C)c(N)c(C)c2)cc(C)c1N. The Morgan fingerprint density at radius 1 is 0.357 bits per heavy atom. The second-order valence-corrected chi connectivity index (χ2v) is 11.7. The van der Waals surface area contributed by atoms with E-state index in [0.717, 1.165) is 83.5 Å². The third-order valence-electron chi connectivity index (χ3n) is 8.47. The number of nitrogen functional groups attached to an aromatic ring is 4. The van der Waals surface area contributed by atoms with E-state index in [1.807, 2.05) is 0 Å². The minimum atomic E-state index is 0.897. The molecule has 0 heterocycles. The number of anilines is 4. The van der Waals surface area contributed by atoms with Crippen LogP contribution in [0.25, 0.3) is 0 Å². The lowest BCUT2D eigenvalue weighted by atomic mass is 9.93. The first-order valence-corrected chi connectivity index (χ1v) is 15.4. The third-order valence-corrected chi connectivity index (χ3v) is 8.47. The van der Waals surface area contributed by atoms with E-state index in [4.69, 9.17) is 22.9 Å². The molecule has 0 unspecified atom stereocenters. The lowest BCUT2D eigenvalue weighted by Crippen LogP contribution is -2.04. The molecule has 4 aromatic carbocycles. The monoisotopic (exact) mass is 564 g/mol. The molecule has 0 aliphatic rings. The lowest BCUT2D eigenvalue weighted by molar-refractivity contribution is 1.04. The standard InChI is InChI=1S/C21H30N2.C17H22N2/c1-5-16-10-14(11-17(6-2)20(16)22)9-15-12-18(7-3)21(23)19(8-4)13-15;1-10-5-14(6-11(2)16(10)18)9-15-7-12(3)17(19)13(4)8-15/h10-13H,5-9,22-23H2,1-4H3;5-8H,9,18-19H2,1-4H3. The molecule has 0 aromatic heterocycles. The smallest absolute Gasteiger partial charge is 0.0379 e. The van der Waals surface area contributed by atoms with Crippen molar-refractivity contribution in [3.63, 3.8) is 0 Å². The Kier molecular flexibility index (Phi) is 11.1. The number of rotatable bonds is 8. The summed E-state index contributed by atoms with van der Waals surface area (Å²) in [5.41, 5.74) is 43.2. The van der Waals surface area contributed by atoms with E-state index in [2.05, 4.69) is 104 Å². The molecule has 0 aliphatic carbocycles. The summed E-state index contributed by atoms with van der Waals surface area (Å²) < 4.78 is 0. The van der Waals surface area contributed by atoms with E-state index in [9.17, 15) is 0 Å². The molecule has 0 amide bonds. The normalized spacial score (nSPS) is 10.9. The Morgan fingerprint density at radius 2 is 0.571 bits per heavy atom. The van der Waals surface area contributed by atoms with Crippen molar-refractivity contribution >= 4 is 22.7 Å². The van der Waals surface area contributed by atoms with Crippen LogP contribution in [0, 0.1) is 27.7 Å². The second-order valence-electron chi connectivity index (χ2n) is 11.7. The van der Waals surface area contributed by atoms with E-state index < -0.39 is 0 Å². The molecule has 0 spiro atoms. The Balaban J connectivity index is 0.000000235.